The van der Waals surface area contributed by atoms with Crippen molar-refractivity contribution in [3.63, 3.8) is 0 Å². The van der Waals surface area contributed by atoms with E-state index >= 15 is 0 Å². The van der Waals surface area contributed by atoms with Crippen LogP contribution in [0.1, 0.15) is 37.6 Å². The van der Waals surface area contributed by atoms with E-state index < -0.39 is 0 Å². The van der Waals surface area contributed by atoms with Crippen LogP contribution in [0.15, 0.2) is 65.6 Å². The van der Waals surface area contributed by atoms with Gasteiger partial charge in [-0.3, -0.25) is 9.59 Å². The Morgan fingerprint density at radius 3 is 2.70 bits per heavy atom. The summed E-state index contributed by atoms with van der Waals surface area (Å²) in [7, 11) is 0. The second-order valence-corrected chi connectivity index (χ2v) is 7.34. The van der Waals surface area contributed by atoms with Crippen molar-refractivity contribution in [2.24, 2.45) is 0 Å². The van der Waals surface area contributed by atoms with Crippen molar-refractivity contribution >= 4 is 17.0 Å². The van der Waals surface area contributed by atoms with Gasteiger partial charge in [0, 0.05) is 6.42 Å². The number of H-pyrrole nitrogens is 1. The van der Waals surface area contributed by atoms with Crippen LogP contribution in [-0.2, 0) is 11.2 Å². The highest BCUT2D eigenvalue weighted by Gasteiger charge is 2.13. The Hall–Kier alpha value is -3.74. The zero-order valence-corrected chi connectivity index (χ0v) is 16.8. The van der Waals surface area contributed by atoms with Gasteiger partial charge >= 0.3 is 5.97 Å². The second-order valence-electron chi connectivity index (χ2n) is 7.34. The molecule has 7 nitrogen and oxygen atoms in total. The number of nitrogens with one attached hydrogen (secondary N) is 1. The number of ether oxygens (including phenoxy) is 1. The molecule has 0 aliphatic carbocycles. The Balaban J connectivity index is 1.51. The Bertz CT molecular complexity index is 1240. The maximum absolute atomic E-state index is 12.4. The molecule has 0 bridgehead atoms. The van der Waals surface area contributed by atoms with Gasteiger partial charge in [-0.05, 0) is 35.7 Å². The fourth-order valence-electron chi connectivity index (χ4n) is 3.18. The third-order valence-corrected chi connectivity index (χ3v) is 4.81. The molecule has 4 rings (SSSR count). The van der Waals surface area contributed by atoms with Gasteiger partial charge in [-0.25, -0.2) is 9.67 Å². The van der Waals surface area contributed by atoms with E-state index in [4.69, 9.17) is 4.74 Å². The van der Waals surface area contributed by atoms with Gasteiger partial charge < -0.3 is 9.72 Å². The van der Waals surface area contributed by atoms with Gasteiger partial charge in [0.05, 0.1) is 18.3 Å². The molecule has 2 aromatic heterocycles. The molecule has 0 unspecified atom stereocenters. The summed E-state index contributed by atoms with van der Waals surface area (Å²) in [6.45, 7) is 4.17. The molecule has 0 atom stereocenters. The first-order chi connectivity index (χ1) is 14.5. The molecule has 0 aliphatic heterocycles. The highest BCUT2D eigenvalue weighted by molar-refractivity contribution is 5.75. The number of carbonyl (C=O) groups is 1. The maximum atomic E-state index is 12.4. The van der Waals surface area contributed by atoms with Gasteiger partial charge in [0.2, 0.25) is 0 Å². The number of carbonyl (C=O) groups excluding carboxylic acids is 1. The first kappa shape index (κ1) is 19.6. The topological polar surface area (TPSA) is 89.9 Å². The SMILES string of the molecule is CC(C)c1cccc(OC(=O)CCc2nc3c(cnn3-c3ccccc3)c(=O)[nH]2)c1. The van der Waals surface area contributed by atoms with Crippen molar-refractivity contribution in [3.05, 3.63) is 82.5 Å². The van der Waals surface area contributed by atoms with Gasteiger partial charge in [0.15, 0.2) is 5.65 Å². The molecule has 4 aromatic rings. The molecule has 152 valence electrons. The van der Waals surface area contributed by atoms with Crippen molar-refractivity contribution in [1.82, 2.24) is 19.7 Å². The average molecular weight is 402 g/mol. The van der Waals surface area contributed by atoms with Crippen molar-refractivity contribution in [2.75, 3.05) is 0 Å². The van der Waals surface area contributed by atoms with E-state index in [0.717, 1.165) is 11.3 Å². The number of fused-ring (bicyclic) bond motifs is 1. The van der Waals surface area contributed by atoms with E-state index in [2.05, 4.69) is 28.9 Å². The summed E-state index contributed by atoms with van der Waals surface area (Å²) in [6, 6.07) is 17.0. The molecule has 0 saturated carbocycles. The Labute approximate surface area is 173 Å². The fraction of sp³-hybridized carbons (Fsp3) is 0.217. The summed E-state index contributed by atoms with van der Waals surface area (Å²) in [5.41, 5.74) is 2.08. The van der Waals surface area contributed by atoms with E-state index in [0.29, 0.717) is 28.5 Å². The molecule has 7 heteroatoms. The fourth-order valence-corrected chi connectivity index (χ4v) is 3.18. The van der Waals surface area contributed by atoms with Crippen LogP contribution in [0.4, 0.5) is 0 Å². The van der Waals surface area contributed by atoms with Gasteiger partial charge in [-0.15, -0.1) is 0 Å². The van der Waals surface area contributed by atoms with Crippen LogP contribution in [0.3, 0.4) is 0 Å². The van der Waals surface area contributed by atoms with Crippen molar-refractivity contribution in [1.29, 1.82) is 0 Å². The van der Waals surface area contributed by atoms with Gasteiger partial charge in [0.1, 0.15) is 17.0 Å². The standard InChI is InChI=1S/C23H22N4O3/c1-15(2)16-7-6-10-18(13-16)30-21(28)12-11-20-25-22-19(23(29)26-20)14-24-27(22)17-8-4-3-5-9-17/h3-10,13-15H,11-12H2,1-2H3,(H,25,26,29). The van der Waals surface area contributed by atoms with E-state index in [-0.39, 0.29) is 24.4 Å². The van der Waals surface area contributed by atoms with Crippen LogP contribution in [0, 0.1) is 0 Å². The number of hydrogen-bond donors (Lipinski definition) is 1. The number of hydrogen-bond acceptors (Lipinski definition) is 5. The van der Waals surface area contributed by atoms with Gasteiger partial charge in [0.25, 0.3) is 5.56 Å². The molecule has 0 radical (unpaired) electrons. The predicted octanol–water partition coefficient (Wildman–Crippen LogP) is 3.77. The highest BCUT2D eigenvalue weighted by Crippen LogP contribution is 2.20. The Kier molecular flexibility index (Phi) is 5.43. The van der Waals surface area contributed by atoms with E-state index in [1.165, 1.54) is 6.20 Å². The van der Waals surface area contributed by atoms with Crippen molar-refractivity contribution in [2.45, 2.75) is 32.6 Å². The Morgan fingerprint density at radius 2 is 1.93 bits per heavy atom. The van der Waals surface area contributed by atoms with Gasteiger partial charge in [-0.2, -0.15) is 5.10 Å². The summed E-state index contributed by atoms with van der Waals surface area (Å²) in [5, 5.41) is 4.68. The molecule has 0 fully saturated rings. The van der Waals surface area contributed by atoms with Crippen LogP contribution < -0.4 is 10.3 Å². The van der Waals surface area contributed by atoms with E-state index in [1.54, 1.807) is 10.7 Å². The largest absolute Gasteiger partial charge is 0.427 e. The highest BCUT2D eigenvalue weighted by atomic mass is 16.5. The number of nitrogens with zero attached hydrogens (tertiary/aromatic N) is 3. The van der Waals surface area contributed by atoms with E-state index in [9.17, 15) is 9.59 Å². The number of para-hydroxylation sites is 1. The van der Waals surface area contributed by atoms with Crippen LogP contribution in [0.2, 0.25) is 0 Å². The zero-order chi connectivity index (χ0) is 21.1. The predicted molar refractivity (Wildman–Crippen MR) is 114 cm³/mol. The lowest BCUT2D eigenvalue weighted by molar-refractivity contribution is -0.134. The zero-order valence-electron chi connectivity index (χ0n) is 16.8. The minimum absolute atomic E-state index is 0.0971. The molecule has 2 aromatic carbocycles. The summed E-state index contributed by atoms with van der Waals surface area (Å²) in [6.07, 6.45) is 1.85. The third-order valence-electron chi connectivity index (χ3n) is 4.81. The first-order valence-corrected chi connectivity index (χ1v) is 9.84. The molecular weight excluding hydrogens is 380 g/mol. The second kappa shape index (κ2) is 8.32. The Morgan fingerprint density at radius 1 is 1.13 bits per heavy atom. The van der Waals surface area contributed by atoms with Crippen LogP contribution in [-0.4, -0.2) is 25.7 Å². The molecular formula is C23H22N4O3. The lowest BCUT2D eigenvalue weighted by Crippen LogP contribution is -2.15. The summed E-state index contributed by atoms with van der Waals surface area (Å²) >= 11 is 0. The quantitative estimate of drug-likeness (QED) is 0.392. The normalized spacial score (nSPS) is 11.2. The maximum Gasteiger partial charge on any atom is 0.311 e. The summed E-state index contributed by atoms with van der Waals surface area (Å²) in [4.78, 5) is 32.0. The van der Waals surface area contributed by atoms with Crippen molar-refractivity contribution in [3.8, 4) is 11.4 Å². The van der Waals surface area contributed by atoms with Crippen LogP contribution in [0.25, 0.3) is 16.7 Å². The first-order valence-electron chi connectivity index (χ1n) is 9.84. The molecule has 0 aliphatic rings. The van der Waals surface area contributed by atoms with Crippen LogP contribution >= 0.6 is 0 Å². The molecule has 1 N–H and O–H groups in total. The number of rotatable bonds is 6. The molecule has 0 spiro atoms. The minimum Gasteiger partial charge on any atom is -0.427 e. The minimum atomic E-state index is -0.379. The number of aromatic amines is 1. The smallest absolute Gasteiger partial charge is 0.311 e. The molecule has 2 heterocycles. The number of aryl methyl sites for hydroxylation is 1. The number of aromatic nitrogens is 4. The number of esters is 1. The average Bonchev–Trinajstić information content (AvgIpc) is 3.18. The summed E-state index contributed by atoms with van der Waals surface area (Å²) in [5.74, 6) is 0.901. The van der Waals surface area contributed by atoms with Crippen LogP contribution in [0.5, 0.6) is 5.75 Å². The van der Waals surface area contributed by atoms with Gasteiger partial charge in [-0.1, -0.05) is 44.2 Å². The van der Waals surface area contributed by atoms with E-state index in [1.807, 2.05) is 48.5 Å². The molecule has 30 heavy (non-hydrogen) atoms. The molecule has 0 amide bonds. The van der Waals surface area contributed by atoms with Crippen molar-refractivity contribution < 1.29 is 9.53 Å². The summed E-state index contributed by atoms with van der Waals surface area (Å²) < 4.78 is 7.06. The third kappa shape index (κ3) is 4.15. The lowest BCUT2D eigenvalue weighted by Gasteiger charge is -2.09. The lowest BCUT2D eigenvalue weighted by atomic mass is 10.0. The number of benzene rings is 2. The monoisotopic (exact) mass is 402 g/mol. The molecule has 0 saturated heterocycles.